The van der Waals surface area contributed by atoms with Crippen LogP contribution in [0.15, 0.2) is 73.2 Å². The molecule has 1 aliphatic carbocycles. The number of amides is 2. The zero-order valence-corrected chi connectivity index (χ0v) is 30.9. The lowest BCUT2D eigenvalue weighted by atomic mass is 9.60. The van der Waals surface area contributed by atoms with Gasteiger partial charge >= 0.3 is 12.1 Å². The van der Waals surface area contributed by atoms with Crippen molar-refractivity contribution in [1.29, 1.82) is 0 Å². The number of rotatable bonds is 8. The van der Waals surface area contributed by atoms with Crippen LogP contribution < -0.4 is 11.1 Å². The number of hydrogen-bond donors (Lipinski definition) is 2. The van der Waals surface area contributed by atoms with E-state index in [0.717, 1.165) is 51.9 Å². The van der Waals surface area contributed by atoms with Gasteiger partial charge in [0.05, 0.1) is 24.1 Å². The Morgan fingerprint density at radius 1 is 0.944 bits per heavy atom. The first-order valence-electron chi connectivity index (χ1n) is 18.6. The average molecular weight is 739 g/mol. The maximum Gasteiger partial charge on any atom is 0.410 e. The molecule has 4 aromatic rings. The van der Waals surface area contributed by atoms with E-state index in [9.17, 15) is 18.8 Å². The molecule has 54 heavy (non-hydrogen) atoms. The second-order valence-electron chi connectivity index (χ2n) is 15.7. The molecule has 1 spiro atoms. The highest BCUT2D eigenvalue weighted by atomic mass is 19.1. The van der Waals surface area contributed by atoms with E-state index in [-0.39, 0.29) is 23.6 Å². The van der Waals surface area contributed by atoms with Crippen molar-refractivity contribution in [1.82, 2.24) is 29.5 Å². The Morgan fingerprint density at radius 2 is 1.63 bits per heavy atom. The molecule has 7 rings (SSSR count). The number of piperidine rings is 2. The summed E-state index contributed by atoms with van der Waals surface area (Å²) in [6, 6.07) is 14.6. The normalized spacial score (nSPS) is 18.5. The van der Waals surface area contributed by atoms with E-state index in [1.165, 1.54) is 43.3 Å². The number of nitrogen functional groups attached to an aromatic ring is 1. The standard InChI is InChI=1S/C40H47FN8O5/c1-39(2,3)54-38(52)48-19-15-40(16-20-48)21-31(22-40)47-17-13-30(14-18-47)49-25-27(23-44-49)32-24-43-35(42)33(46-32)37(51)53-34(26-7-5-4-6-8-26)36(50)45-29-11-9-28(41)10-12-29/h4-12,23-25,30-31,34H,13-22H2,1-3H3,(H2,42,43)(H,45,50)/t34-/m1/s1. The predicted octanol–water partition coefficient (Wildman–Crippen LogP) is 6.41. The summed E-state index contributed by atoms with van der Waals surface area (Å²) in [6.07, 6.45) is 9.88. The van der Waals surface area contributed by atoms with E-state index in [1.807, 2.05) is 36.5 Å². The van der Waals surface area contributed by atoms with Gasteiger partial charge in [0, 0.05) is 55.2 Å². The van der Waals surface area contributed by atoms with Gasteiger partial charge in [-0.25, -0.2) is 23.9 Å². The van der Waals surface area contributed by atoms with E-state index >= 15 is 0 Å². The number of aromatic nitrogens is 4. The zero-order chi connectivity index (χ0) is 38.0. The van der Waals surface area contributed by atoms with Gasteiger partial charge in [0.1, 0.15) is 11.4 Å². The lowest BCUT2D eigenvalue weighted by molar-refractivity contribution is -0.125. The molecule has 3 N–H and O–H groups in total. The highest BCUT2D eigenvalue weighted by Gasteiger charge is 2.49. The number of nitrogens with zero attached hydrogens (tertiary/aromatic N) is 6. The van der Waals surface area contributed by atoms with Gasteiger partial charge in [-0.05, 0) is 89.0 Å². The van der Waals surface area contributed by atoms with Gasteiger partial charge in [0.15, 0.2) is 11.5 Å². The third-order valence-corrected chi connectivity index (χ3v) is 10.8. The third kappa shape index (κ3) is 8.38. The molecule has 3 aliphatic rings. The smallest absolute Gasteiger partial charge is 0.410 e. The van der Waals surface area contributed by atoms with Crippen molar-refractivity contribution in [3.8, 4) is 11.3 Å². The number of anilines is 2. The van der Waals surface area contributed by atoms with Crippen LogP contribution in [0.4, 0.5) is 20.7 Å². The van der Waals surface area contributed by atoms with Gasteiger partial charge in [-0.1, -0.05) is 30.3 Å². The van der Waals surface area contributed by atoms with Crippen LogP contribution in [0.25, 0.3) is 11.3 Å². The van der Waals surface area contributed by atoms with Gasteiger partial charge in [0.25, 0.3) is 5.91 Å². The van der Waals surface area contributed by atoms with Gasteiger partial charge in [-0.2, -0.15) is 5.10 Å². The topological polar surface area (TPSA) is 158 Å². The lowest BCUT2D eigenvalue weighted by Crippen LogP contribution is -2.57. The van der Waals surface area contributed by atoms with Gasteiger partial charge in [-0.3, -0.25) is 9.48 Å². The van der Waals surface area contributed by atoms with Crippen LogP contribution in [-0.2, 0) is 14.3 Å². The second-order valence-corrected chi connectivity index (χ2v) is 15.7. The minimum absolute atomic E-state index is 0.138. The molecule has 1 saturated carbocycles. The van der Waals surface area contributed by atoms with Crippen molar-refractivity contribution in [2.45, 2.75) is 83.1 Å². The summed E-state index contributed by atoms with van der Waals surface area (Å²) in [7, 11) is 0. The minimum Gasteiger partial charge on any atom is -0.444 e. The number of benzene rings is 2. The molecule has 0 radical (unpaired) electrons. The summed E-state index contributed by atoms with van der Waals surface area (Å²) in [5.74, 6) is -2.14. The number of ether oxygens (including phenoxy) is 2. The second kappa shape index (κ2) is 15.2. The first-order valence-corrected chi connectivity index (χ1v) is 18.6. The molecule has 0 unspecified atom stereocenters. The maximum absolute atomic E-state index is 13.5. The summed E-state index contributed by atoms with van der Waals surface area (Å²) < 4.78 is 26.7. The molecular formula is C40H47FN8O5. The largest absolute Gasteiger partial charge is 0.444 e. The number of carbonyl (C=O) groups is 3. The van der Waals surface area contributed by atoms with Crippen LogP contribution in [-0.4, -0.2) is 85.3 Å². The number of esters is 1. The molecule has 2 saturated heterocycles. The van der Waals surface area contributed by atoms with E-state index in [4.69, 9.17) is 15.2 Å². The highest BCUT2D eigenvalue weighted by Crippen LogP contribution is 2.51. The molecule has 2 aromatic carbocycles. The molecule has 2 aromatic heterocycles. The van der Waals surface area contributed by atoms with Crippen molar-refractivity contribution in [3.63, 3.8) is 0 Å². The van der Waals surface area contributed by atoms with Crippen LogP contribution >= 0.6 is 0 Å². The first-order chi connectivity index (χ1) is 25.8. The monoisotopic (exact) mass is 738 g/mol. The fourth-order valence-electron chi connectivity index (χ4n) is 7.77. The van der Waals surface area contributed by atoms with Crippen LogP contribution in [0, 0.1) is 11.2 Å². The van der Waals surface area contributed by atoms with Gasteiger partial charge in [-0.15, -0.1) is 0 Å². The Morgan fingerprint density at radius 3 is 2.30 bits per heavy atom. The molecule has 2 aliphatic heterocycles. The maximum atomic E-state index is 13.5. The Bertz CT molecular complexity index is 1960. The van der Waals surface area contributed by atoms with E-state index in [0.29, 0.717) is 34.0 Å². The van der Waals surface area contributed by atoms with Crippen molar-refractivity contribution < 1.29 is 28.2 Å². The molecule has 3 fully saturated rings. The number of halogens is 1. The number of hydrogen-bond acceptors (Lipinski definition) is 10. The van der Waals surface area contributed by atoms with Crippen molar-refractivity contribution >= 4 is 29.5 Å². The Kier molecular flexibility index (Phi) is 10.4. The highest BCUT2D eigenvalue weighted by molar-refractivity contribution is 5.99. The van der Waals surface area contributed by atoms with Crippen LogP contribution in [0.3, 0.4) is 0 Å². The Balaban J connectivity index is 0.943. The fourth-order valence-corrected chi connectivity index (χ4v) is 7.77. The number of likely N-dealkylation sites (tertiary alicyclic amines) is 2. The van der Waals surface area contributed by atoms with Crippen LogP contribution in [0.2, 0.25) is 0 Å². The van der Waals surface area contributed by atoms with Crippen LogP contribution in [0.5, 0.6) is 0 Å². The summed E-state index contributed by atoms with van der Waals surface area (Å²) in [6.45, 7) is 9.20. The van der Waals surface area contributed by atoms with Crippen molar-refractivity contribution in [2.24, 2.45) is 5.41 Å². The van der Waals surface area contributed by atoms with Gasteiger partial charge in [0.2, 0.25) is 6.10 Å². The van der Waals surface area contributed by atoms with E-state index in [2.05, 4.69) is 25.3 Å². The SMILES string of the molecule is CC(C)(C)OC(=O)N1CCC2(CC1)CC(N1CCC(n3cc(-c4cnc(N)c(C(=O)O[C@@H](C(=O)Nc5ccc(F)cc5)c5ccccc5)n4)cn3)CC1)C2. The summed E-state index contributed by atoms with van der Waals surface area (Å²) in [4.78, 5) is 52.5. The predicted molar refractivity (Wildman–Crippen MR) is 200 cm³/mol. The van der Waals surface area contributed by atoms with Crippen molar-refractivity contribution in [3.05, 3.63) is 90.3 Å². The minimum atomic E-state index is -1.34. The molecule has 1 atom stereocenters. The third-order valence-electron chi connectivity index (χ3n) is 10.8. The number of carbonyl (C=O) groups excluding carboxylic acids is 3. The summed E-state index contributed by atoms with van der Waals surface area (Å²) >= 11 is 0. The zero-order valence-electron chi connectivity index (χ0n) is 30.9. The molecule has 284 valence electrons. The van der Waals surface area contributed by atoms with E-state index < -0.39 is 29.4 Å². The molecule has 14 heteroatoms. The Labute approximate surface area is 314 Å². The summed E-state index contributed by atoms with van der Waals surface area (Å²) in [5.41, 5.74) is 7.56. The number of nitrogens with two attached hydrogens (primary N) is 1. The number of nitrogens with one attached hydrogen (secondary N) is 1. The molecule has 0 bridgehead atoms. The van der Waals surface area contributed by atoms with Gasteiger partial charge < -0.3 is 30.3 Å². The lowest BCUT2D eigenvalue weighted by Gasteiger charge is -2.56. The van der Waals surface area contributed by atoms with E-state index in [1.54, 1.807) is 36.5 Å². The molecular weight excluding hydrogens is 691 g/mol. The average Bonchev–Trinajstić information content (AvgIpc) is 3.64. The van der Waals surface area contributed by atoms with Crippen LogP contribution in [0.1, 0.15) is 87.5 Å². The fraction of sp³-hybridized carbons (Fsp3) is 0.450. The summed E-state index contributed by atoms with van der Waals surface area (Å²) in [5, 5.41) is 7.32. The molecule has 2 amide bonds. The first kappa shape index (κ1) is 37.0. The molecule has 4 heterocycles. The quantitative estimate of drug-likeness (QED) is 0.194. The Hall–Kier alpha value is -5.37. The van der Waals surface area contributed by atoms with Crippen molar-refractivity contribution in [2.75, 3.05) is 37.2 Å². The molecule has 13 nitrogen and oxygen atoms in total.